The van der Waals surface area contributed by atoms with Crippen LogP contribution in [0.1, 0.15) is 5.56 Å². The van der Waals surface area contributed by atoms with Crippen molar-refractivity contribution in [1.29, 1.82) is 0 Å². The molecule has 0 aliphatic rings. The van der Waals surface area contributed by atoms with E-state index in [9.17, 15) is 8.42 Å². The minimum absolute atomic E-state index is 0.0873. The first kappa shape index (κ1) is 16.4. The fourth-order valence-electron chi connectivity index (χ4n) is 1.76. The molecular formula is C14H15BrN2O2S2. The molecule has 0 spiro atoms. The van der Waals surface area contributed by atoms with Crippen LogP contribution in [0.5, 0.6) is 0 Å². The van der Waals surface area contributed by atoms with Gasteiger partial charge in [0.1, 0.15) is 0 Å². The van der Waals surface area contributed by atoms with Gasteiger partial charge in [0.2, 0.25) is 10.0 Å². The Morgan fingerprint density at radius 1 is 1.19 bits per heavy atom. The zero-order valence-electron chi connectivity index (χ0n) is 11.3. The van der Waals surface area contributed by atoms with Gasteiger partial charge in [0.25, 0.3) is 0 Å². The molecule has 0 aromatic heterocycles. The summed E-state index contributed by atoms with van der Waals surface area (Å²) in [6.45, 7) is 0.655. The summed E-state index contributed by atoms with van der Waals surface area (Å²) in [4.78, 5) is 1.31. The van der Waals surface area contributed by atoms with E-state index in [1.807, 2.05) is 6.26 Å². The summed E-state index contributed by atoms with van der Waals surface area (Å²) in [5.41, 5.74) is 1.96. The molecule has 0 atom stereocenters. The molecule has 0 unspecified atom stereocenters. The van der Waals surface area contributed by atoms with E-state index >= 15 is 0 Å². The maximum Gasteiger partial charge on any atom is 0.238 e. The molecule has 2 rings (SSSR count). The number of anilines is 1. The lowest BCUT2D eigenvalue weighted by Crippen LogP contribution is -2.12. The molecule has 0 fully saturated rings. The van der Waals surface area contributed by atoms with Crippen molar-refractivity contribution in [2.24, 2.45) is 5.14 Å². The molecule has 4 nitrogen and oxygen atoms in total. The van der Waals surface area contributed by atoms with Gasteiger partial charge >= 0.3 is 0 Å². The molecule has 0 saturated carbocycles. The summed E-state index contributed by atoms with van der Waals surface area (Å²) in [5.74, 6) is 0. The number of halogens is 1. The van der Waals surface area contributed by atoms with Gasteiger partial charge in [0.15, 0.2) is 0 Å². The average Bonchev–Trinajstić information content (AvgIpc) is 2.45. The van der Waals surface area contributed by atoms with Crippen molar-refractivity contribution >= 4 is 43.4 Å². The smallest absolute Gasteiger partial charge is 0.238 e. The highest BCUT2D eigenvalue weighted by Gasteiger charge is 2.10. The van der Waals surface area contributed by atoms with Gasteiger partial charge in [-0.25, -0.2) is 13.6 Å². The normalized spacial score (nSPS) is 11.4. The van der Waals surface area contributed by atoms with E-state index in [0.717, 1.165) is 11.3 Å². The monoisotopic (exact) mass is 386 g/mol. The van der Waals surface area contributed by atoms with Crippen LogP contribution in [0.15, 0.2) is 56.7 Å². The first-order valence-corrected chi connectivity index (χ1v) is 9.66. The minimum atomic E-state index is -3.68. The van der Waals surface area contributed by atoms with E-state index in [1.165, 1.54) is 17.0 Å². The third kappa shape index (κ3) is 4.47. The molecular weight excluding hydrogens is 372 g/mol. The molecule has 0 aliphatic heterocycles. The molecule has 2 aromatic rings. The summed E-state index contributed by atoms with van der Waals surface area (Å²) in [6.07, 6.45) is 2.04. The highest BCUT2D eigenvalue weighted by atomic mass is 79.9. The second-order valence-corrected chi connectivity index (χ2v) is 7.68. The number of sulfonamides is 1. The summed E-state index contributed by atoms with van der Waals surface area (Å²) in [7, 11) is -3.68. The van der Waals surface area contributed by atoms with Crippen molar-refractivity contribution in [3.63, 3.8) is 0 Å². The van der Waals surface area contributed by atoms with Crippen molar-refractivity contribution in [3.05, 3.63) is 52.5 Å². The van der Waals surface area contributed by atoms with Gasteiger partial charge in [-0.05, 0) is 58.1 Å². The number of rotatable bonds is 5. The molecule has 0 radical (unpaired) electrons. The maximum atomic E-state index is 11.3. The molecule has 0 bridgehead atoms. The van der Waals surface area contributed by atoms with E-state index in [2.05, 4.69) is 45.5 Å². The summed E-state index contributed by atoms with van der Waals surface area (Å²) in [6, 6.07) is 12.9. The molecule has 2 aromatic carbocycles. The molecule has 0 heterocycles. The largest absolute Gasteiger partial charge is 0.380 e. The number of nitrogens with two attached hydrogens (primary N) is 1. The van der Waals surface area contributed by atoms with E-state index in [0.29, 0.717) is 11.0 Å². The van der Waals surface area contributed by atoms with Crippen molar-refractivity contribution in [3.8, 4) is 0 Å². The molecule has 112 valence electrons. The molecule has 21 heavy (non-hydrogen) atoms. The van der Waals surface area contributed by atoms with Crippen molar-refractivity contribution < 1.29 is 8.42 Å². The fraction of sp³-hybridized carbons (Fsp3) is 0.143. The van der Waals surface area contributed by atoms with E-state index in [-0.39, 0.29) is 4.90 Å². The van der Waals surface area contributed by atoms with E-state index < -0.39 is 10.0 Å². The van der Waals surface area contributed by atoms with Crippen LogP contribution in [0.4, 0.5) is 5.69 Å². The highest BCUT2D eigenvalue weighted by Crippen LogP contribution is 2.26. The predicted molar refractivity (Wildman–Crippen MR) is 91.1 cm³/mol. The lowest BCUT2D eigenvalue weighted by Gasteiger charge is -2.10. The number of thioether (sulfide) groups is 1. The standard InChI is InChI=1S/C14H15BrN2O2S2/c1-20-11-4-2-10(3-5-11)9-17-14-7-6-12(8-13(14)15)21(16,18)19/h2-8,17H,9H2,1H3,(H2,16,18,19). The summed E-state index contributed by atoms with van der Waals surface area (Å²) < 4.78 is 23.2. The number of hydrogen-bond donors (Lipinski definition) is 2. The van der Waals surface area contributed by atoms with Gasteiger partial charge < -0.3 is 5.32 Å². The van der Waals surface area contributed by atoms with Crippen LogP contribution in [-0.4, -0.2) is 14.7 Å². The molecule has 7 heteroatoms. The molecule has 0 saturated heterocycles. The van der Waals surface area contributed by atoms with Gasteiger partial charge in [-0.3, -0.25) is 0 Å². The van der Waals surface area contributed by atoms with Gasteiger partial charge in [0.05, 0.1) is 4.90 Å². The maximum absolute atomic E-state index is 11.3. The minimum Gasteiger partial charge on any atom is -0.380 e. The van der Waals surface area contributed by atoms with Crippen LogP contribution in [0.2, 0.25) is 0 Å². The quantitative estimate of drug-likeness (QED) is 0.771. The number of benzene rings is 2. The number of primary sulfonamides is 1. The molecule has 0 aliphatic carbocycles. The van der Waals surface area contributed by atoms with Gasteiger partial charge in [-0.1, -0.05) is 12.1 Å². The van der Waals surface area contributed by atoms with Gasteiger partial charge in [-0.15, -0.1) is 11.8 Å². The van der Waals surface area contributed by atoms with Crippen LogP contribution in [0, 0.1) is 0 Å². The first-order chi connectivity index (χ1) is 9.90. The number of hydrogen-bond acceptors (Lipinski definition) is 4. The summed E-state index contributed by atoms with van der Waals surface area (Å²) in [5, 5.41) is 8.35. The lowest BCUT2D eigenvalue weighted by molar-refractivity contribution is 0.598. The molecule has 3 N–H and O–H groups in total. The van der Waals surface area contributed by atoms with Gasteiger partial charge in [0, 0.05) is 21.6 Å². The zero-order valence-corrected chi connectivity index (χ0v) is 14.6. The molecule has 0 amide bonds. The number of nitrogens with one attached hydrogen (secondary N) is 1. The predicted octanol–water partition coefficient (Wildman–Crippen LogP) is 3.43. The van der Waals surface area contributed by atoms with Crippen LogP contribution >= 0.6 is 27.7 Å². The van der Waals surface area contributed by atoms with Crippen molar-refractivity contribution in [2.45, 2.75) is 16.3 Å². The topological polar surface area (TPSA) is 72.2 Å². The Morgan fingerprint density at radius 2 is 1.86 bits per heavy atom. The Balaban J connectivity index is 2.09. The van der Waals surface area contributed by atoms with Crippen molar-refractivity contribution in [1.82, 2.24) is 0 Å². The Morgan fingerprint density at radius 3 is 2.38 bits per heavy atom. The zero-order chi connectivity index (χ0) is 15.5. The second-order valence-electron chi connectivity index (χ2n) is 4.39. The fourth-order valence-corrected chi connectivity index (χ4v) is 3.38. The lowest BCUT2D eigenvalue weighted by atomic mass is 10.2. The van der Waals surface area contributed by atoms with Crippen molar-refractivity contribution in [2.75, 3.05) is 11.6 Å². The average molecular weight is 387 g/mol. The highest BCUT2D eigenvalue weighted by molar-refractivity contribution is 9.10. The van der Waals surface area contributed by atoms with Crippen LogP contribution in [-0.2, 0) is 16.6 Å². The van der Waals surface area contributed by atoms with E-state index in [4.69, 9.17) is 5.14 Å². The Hall–Kier alpha value is -1.02. The third-order valence-electron chi connectivity index (χ3n) is 2.91. The third-order valence-corrected chi connectivity index (χ3v) is 5.22. The Labute approximate surface area is 137 Å². The first-order valence-electron chi connectivity index (χ1n) is 6.09. The summed E-state index contributed by atoms with van der Waals surface area (Å²) >= 11 is 5.05. The Bertz CT molecular complexity index is 731. The van der Waals surface area contributed by atoms with Crippen LogP contribution in [0.3, 0.4) is 0 Å². The second kappa shape index (κ2) is 6.83. The van der Waals surface area contributed by atoms with Gasteiger partial charge in [-0.2, -0.15) is 0 Å². The Kier molecular flexibility index (Phi) is 5.32. The van der Waals surface area contributed by atoms with Crippen LogP contribution in [0.25, 0.3) is 0 Å². The SMILES string of the molecule is CSc1ccc(CNc2ccc(S(N)(=O)=O)cc2Br)cc1. The van der Waals surface area contributed by atoms with E-state index in [1.54, 1.807) is 17.8 Å². The van der Waals surface area contributed by atoms with Crippen LogP contribution < -0.4 is 10.5 Å².